The van der Waals surface area contributed by atoms with Gasteiger partial charge in [0.2, 0.25) is 15.9 Å². The van der Waals surface area contributed by atoms with E-state index in [0.29, 0.717) is 24.8 Å². The quantitative estimate of drug-likeness (QED) is 0.505. The SMILES string of the molecule is C=CCn1c(SCC(=O)Nc2ccccc2)nnc1[C@@H]1CCCN(S(C)(=O)=O)C1. The number of carbonyl (C=O) groups is 1. The van der Waals surface area contributed by atoms with Crippen LogP contribution in [0.4, 0.5) is 5.69 Å². The van der Waals surface area contributed by atoms with Gasteiger partial charge in [0.15, 0.2) is 5.16 Å². The lowest BCUT2D eigenvalue weighted by Crippen LogP contribution is -2.39. The molecule has 8 nitrogen and oxygen atoms in total. The zero-order chi connectivity index (χ0) is 20.9. The topological polar surface area (TPSA) is 97.2 Å². The summed E-state index contributed by atoms with van der Waals surface area (Å²) in [7, 11) is -3.24. The third-order valence-corrected chi connectivity index (χ3v) is 6.90. The van der Waals surface area contributed by atoms with Gasteiger partial charge in [-0.05, 0) is 25.0 Å². The lowest BCUT2D eigenvalue weighted by atomic mass is 9.99. The van der Waals surface area contributed by atoms with E-state index in [0.717, 1.165) is 24.4 Å². The minimum absolute atomic E-state index is 0.0292. The van der Waals surface area contributed by atoms with Crippen LogP contribution < -0.4 is 5.32 Å². The third-order valence-electron chi connectivity index (χ3n) is 4.67. The summed E-state index contributed by atoms with van der Waals surface area (Å²) in [6.07, 6.45) is 4.61. The zero-order valence-corrected chi connectivity index (χ0v) is 18.0. The summed E-state index contributed by atoms with van der Waals surface area (Å²) in [6, 6.07) is 9.27. The van der Waals surface area contributed by atoms with E-state index >= 15 is 0 Å². The van der Waals surface area contributed by atoms with Crippen LogP contribution in [0, 0.1) is 0 Å². The number of sulfonamides is 1. The van der Waals surface area contributed by atoms with Crippen molar-refractivity contribution < 1.29 is 13.2 Å². The molecule has 0 unspecified atom stereocenters. The van der Waals surface area contributed by atoms with Gasteiger partial charge < -0.3 is 9.88 Å². The Morgan fingerprint density at radius 3 is 2.79 bits per heavy atom. The van der Waals surface area contributed by atoms with Gasteiger partial charge >= 0.3 is 0 Å². The molecule has 3 rings (SSSR count). The van der Waals surface area contributed by atoms with Crippen LogP contribution in [-0.4, -0.2) is 58.5 Å². The summed E-state index contributed by atoms with van der Waals surface area (Å²) in [5.41, 5.74) is 0.745. The van der Waals surface area contributed by atoms with Gasteiger partial charge in [-0.2, -0.15) is 0 Å². The van der Waals surface area contributed by atoms with E-state index < -0.39 is 10.0 Å². The number of hydrogen-bond acceptors (Lipinski definition) is 6. The predicted molar refractivity (Wildman–Crippen MR) is 114 cm³/mol. The van der Waals surface area contributed by atoms with E-state index in [9.17, 15) is 13.2 Å². The number of rotatable bonds is 8. The van der Waals surface area contributed by atoms with Gasteiger partial charge in [0.05, 0.1) is 12.0 Å². The average Bonchev–Trinajstić information content (AvgIpc) is 3.10. The van der Waals surface area contributed by atoms with Gasteiger partial charge in [-0.25, -0.2) is 12.7 Å². The lowest BCUT2D eigenvalue weighted by Gasteiger charge is -2.30. The first-order chi connectivity index (χ1) is 13.9. The smallest absolute Gasteiger partial charge is 0.234 e. The highest BCUT2D eigenvalue weighted by atomic mass is 32.2. The molecule has 0 aliphatic carbocycles. The summed E-state index contributed by atoms with van der Waals surface area (Å²) >= 11 is 1.30. The first-order valence-corrected chi connectivity index (χ1v) is 12.2. The second-order valence-corrected chi connectivity index (χ2v) is 9.83. The molecule has 0 radical (unpaired) electrons. The number of allylic oxidation sites excluding steroid dienone is 1. The van der Waals surface area contributed by atoms with Crippen molar-refractivity contribution in [3.63, 3.8) is 0 Å². The van der Waals surface area contributed by atoms with Crippen molar-refractivity contribution in [2.75, 3.05) is 30.4 Å². The Morgan fingerprint density at radius 1 is 1.34 bits per heavy atom. The van der Waals surface area contributed by atoms with Gasteiger partial charge in [-0.15, -0.1) is 16.8 Å². The van der Waals surface area contributed by atoms with Crippen molar-refractivity contribution >= 4 is 33.4 Å². The van der Waals surface area contributed by atoms with E-state index in [-0.39, 0.29) is 17.6 Å². The van der Waals surface area contributed by atoms with Crippen LogP contribution in [0.25, 0.3) is 0 Å². The van der Waals surface area contributed by atoms with Gasteiger partial charge in [-0.1, -0.05) is 36.0 Å². The maximum Gasteiger partial charge on any atom is 0.234 e. The molecule has 0 bridgehead atoms. The molecule has 1 aromatic carbocycles. The summed E-state index contributed by atoms with van der Waals surface area (Å²) in [5.74, 6) is 0.782. The van der Waals surface area contributed by atoms with Crippen LogP contribution in [-0.2, 0) is 21.4 Å². The molecule has 10 heteroatoms. The van der Waals surface area contributed by atoms with E-state index in [2.05, 4.69) is 22.1 Å². The molecule has 1 amide bonds. The van der Waals surface area contributed by atoms with E-state index in [1.165, 1.54) is 22.3 Å². The Labute approximate surface area is 175 Å². The number of anilines is 1. The number of amides is 1. The minimum atomic E-state index is -3.24. The summed E-state index contributed by atoms with van der Waals surface area (Å²) in [6.45, 7) is 5.23. The van der Waals surface area contributed by atoms with Crippen molar-refractivity contribution in [2.24, 2.45) is 0 Å². The van der Waals surface area contributed by atoms with Crippen LogP contribution in [0.1, 0.15) is 24.6 Å². The van der Waals surface area contributed by atoms with Crippen molar-refractivity contribution in [3.8, 4) is 0 Å². The van der Waals surface area contributed by atoms with Crippen LogP contribution in [0.3, 0.4) is 0 Å². The number of hydrogen-bond donors (Lipinski definition) is 1. The molecule has 1 aliphatic heterocycles. The van der Waals surface area contributed by atoms with Crippen LogP contribution >= 0.6 is 11.8 Å². The first-order valence-electron chi connectivity index (χ1n) is 9.35. The molecule has 1 saturated heterocycles. The van der Waals surface area contributed by atoms with E-state index in [1.54, 1.807) is 6.08 Å². The van der Waals surface area contributed by atoms with Crippen LogP contribution in [0.5, 0.6) is 0 Å². The van der Waals surface area contributed by atoms with E-state index in [1.807, 2.05) is 34.9 Å². The number of thioether (sulfide) groups is 1. The summed E-state index contributed by atoms with van der Waals surface area (Å²) in [5, 5.41) is 12.1. The van der Waals surface area contributed by atoms with Crippen LogP contribution in [0.2, 0.25) is 0 Å². The number of nitrogens with one attached hydrogen (secondary N) is 1. The maximum absolute atomic E-state index is 12.2. The molecule has 1 aliphatic rings. The predicted octanol–water partition coefficient (Wildman–Crippen LogP) is 2.33. The molecule has 1 atom stereocenters. The number of benzene rings is 1. The van der Waals surface area contributed by atoms with Crippen molar-refractivity contribution in [1.29, 1.82) is 0 Å². The molecule has 0 spiro atoms. The maximum atomic E-state index is 12.2. The van der Waals surface area contributed by atoms with Crippen molar-refractivity contribution in [3.05, 3.63) is 48.8 Å². The van der Waals surface area contributed by atoms with Crippen molar-refractivity contribution in [1.82, 2.24) is 19.1 Å². The molecule has 2 heterocycles. The molecule has 2 aromatic rings. The standard InChI is InChI=1S/C19H25N5O3S2/c1-3-11-24-18(15-8-7-12-23(13-15)29(2,26)27)21-22-19(24)28-14-17(25)20-16-9-5-4-6-10-16/h3-6,9-10,15H,1,7-8,11-14H2,2H3,(H,20,25)/t15-/m1/s1. The Balaban J connectivity index is 1.69. The first kappa shape index (κ1) is 21.5. The largest absolute Gasteiger partial charge is 0.325 e. The van der Waals surface area contributed by atoms with Crippen LogP contribution in [0.15, 0.2) is 48.1 Å². The Morgan fingerprint density at radius 2 is 2.10 bits per heavy atom. The molecule has 156 valence electrons. The minimum Gasteiger partial charge on any atom is -0.325 e. The Hall–Kier alpha value is -2.17. The highest BCUT2D eigenvalue weighted by Gasteiger charge is 2.30. The highest BCUT2D eigenvalue weighted by Crippen LogP contribution is 2.29. The summed E-state index contributed by atoms with van der Waals surface area (Å²) in [4.78, 5) is 12.2. The highest BCUT2D eigenvalue weighted by molar-refractivity contribution is 7.99. The van der Waals surface area contributed by atoms with Gasteiger partial charge in [-0.3, -0.25) is 4.79 Å². The zero-order valence-electron chi connectivity index (χ0n) is 16.3. The molecule has 1 fully saturated rings. The van der Waals surface area contributed by atoms with Gasteiger partial charge in [0.25, 0.3) is 0 Å². The third kappa shape index (κ3) is 5.68. The van der Waals surface area contributed by atoms with Crippen molar-refractivity contribution in [2.45, 2.75) is 30.5 Å². The number of piperidine rings is 1. The lowest BCUT2D eigenvalue weighted by molar-refractivity contribution is -0.113. The second kappa shape index (κ2) is 9.55. The Bertz CT molecular complexity index is 959. The van der Waals surface area contributed by atoms with Gasteiger partial charge in [0, 0.05) is 31.2 Å². The average molecular weight is 436 g/mol. The summed E-state index contributed by atoms with van der Waals surface area (Å²) < 4.78 is 27.3. The number of para-hydroxylation sites is 1. The number of nitrogens with zero attached hydrogens (tertiary/aromatic N) is 4. The molecule has 29 heavy (non-hydrogen) atoms. The fourth-order valence-electron chi connectivity index (χ4n) is 3.31. The molecule has 1 aromatic heterocycles. The molecular formula is C19H25N5O3S2. The van der Waals surface area contributed by atoms with E-state index in [4.69, 9.17) is 0 Å². The Kier molecular flexibility index (Phi) is 7.09. The monoisotopic (exact) mass is 435 g/mol. The second-order valence-electron chi connectivity index (χ2n) is 6.90. The normalized spacial score (nSPS) is 17.8. The molecule has 0 saturated carbocycles. The fraction of sp³-hybridized carbons (Fsp3) is 0.421. The number of carbonyl (C=O) groups excluding carboxylic acids is 1. The molecular weight excluding hydrogens is 410 g/mol. The fourth-order valence-corrected chi connectivity index (χ4v) is 4.98. The number of aromatic nitrogens is 3. The van der Waals surface area contributed by atoms with Gasteiger partial charge in [0.1, 0.15) is 5.82 Å². The molecule has 1 N–H and O–H groups in total.